The van der Waals surface area contributed by atoms with Crippen molar-refractivity contribution in [2.24, 2.45) is 0 Å². The van der Waals surface area contributed by atoms with Crippen LogP contribution >= 0.6 is 0 Å². The molecule has 0 fully saturated rings. The van der Waals surface area contributed by atoms with Gasteiger partial charge in [0.2, 0.25) is 10.0 Å². The number of H-pyrrole nitrogens is 1. The van der Waals surface area contributed by atoms with Crippen LogP contribution in [0, 0.1) is 11.6 Å². The topological polar surface area (TPSA) is 101 Å². The van der Waals surface area contributed by atoms with Crippen molar-refractivity contribution >= 4 is 15.8 Å². The molecule has 2 rings (SSSR count). The van der Waals surface area contributed by atoms with Crippen LogP contribution in [0.5, 0.6) is 0 Å². The number of sulfonamides is 1. The summed E-state index contributed by atoms with van der Waals surface area (Å²) in [6.07, 6.45) is 1.33. The average molecular weight is 288 g/mol. The van der Waals surface area contributed by atoms with E-state index < -0.39 is 26.6 Å². The van der Waals surface area contributed by atoms with Crippen LogP contribution in [0.2, 0.25) is 0 Å². The summed E-state index contributed by atoms with van der Waals surface area (Å²) < 4.78 is 52.1. The second kappa shape index (κ2) is 4.94. The number of nitrogens with zero attached hydrogens (tertiary/aromatic N) is 1. The van der Waals surface area contributed by atoms with Crippen LogP contribution in [0.3, 0.4) is 0 Å². The third kappa shape index (κ3) is 2.88. The highest BCUT2D eigenvalue weighted by Gasteiger charge is 2.20. The zero-order chi connectivity index (χ0) is 14.0. The summed E-state index contributed by atoms with van der Waals surface area (Å²) in [4.78, 5) is -0.755. The molecule has 102 valence electrons. The lowest BCUT2D eigenvalue weighted by Crippen LogP contribution is -2.24. The van der Waals surface area contributed by atoms with E-state index >= 15 is 0 Å². The Balaban J connectivity index is 2.23. The first-order valence-electron chi connectivity index (χ1n) is 5.12. The van der Waals surface area contributed by atoms with E-state index in [1.165, 1.54) is 6.20 Å². The molecule has 9 heteroatoms. The fourth-order valence-corrected chi connectivity index (χ4v) is 2.49. The summed E-state index contributed by atoms with van der Waals surface area (Å²) in [5.74, 6) is -1.68. The van der Waals surface area contributed by atoms with Crippen molar-refractivity contribution in [3.63, 3.8) is 0 Å². The normalized spacial score (nSPS) is 11.7. The van der Waals surface area contributed by atoms with Crippen molar-refractivity contribution in [2.75, 3.05) is 5.73 Å². The molecule has 6 nitrogen and oxygen atoms in total. The smallest absolute Gasteiger partial charge is 0.243 e. The Morgan fingerprint density at radius 1 is 1.37 bits per heavy atom. The van der Waals surface area contributed by atoms with Crippen molar-refractivity contribution in [3.05, 3.63) is 41.6 Å². The second-order valence-electron chi connectivity index (χ2n) is 3.71. The van der Waals surface area contributed by atoms with Gasteiger partial charge in [0.25, 0.3) is 0 Å². The zero-order valence-corrected chi connectivity index (χ0v) is 10.3. The number of aromatic nitrogens is 2. The minimum atomic E-state index is -4.17. The number of hydrogen-bond donors (Lipinski definition) is 3. The molecule has 1 aromatic heterocycles. The maximum absolute atomic E-state index is 13.4. The average Bonchev–Trinajstić information content (AvgIpc) is 2.75. The van der Waals surface area contributed by atoms with E-state index in [-0.39, 0.29) is 12.4 Å². The highest BCUT2D eigenvalue weighted by molar-refractivity contribution is 7.89. The summed E-state index contributed by atoms with van der Waals surface area (Å²) >= 11 is 0. The van der Waals surface area contributed by atoms with Gasteiger partial charge < -0.3 is 5.73 Å². The quantitative estimate of drug-likeness (QED) is 0.772. The maximum Gasteiger partial charge on any atom is 0.243 e. The fraction of sp³-hybridized carbons (Fsp3) is 0.100. The number of benzene rings is 1. The van der Waals surface area contributed by atoms with Gasteiger partial charge >= 0.3 is 0 Å². The number of nitrogen functional groups attached to an aromatic ring is 1. The predicted molar refractivity (Wildman–Crippen MR) is 63.4 cm³/mol. The van der Waals surface area contributed by atoms with Crippen molar-refractivity contribution < 1.29 is 17.2 Å². The van der Waals surface area contributed by atoms with E-state index in [1.807, 2.05) is 0 Å². The zero-order valence-electron chi connectivity index (χ0n) is 9.52. The minimum absolute atomic E-state index is 0.180. The first-order valence-corrected chi connectivity index (χ1v) is 6.61. The van der Waals surface area contributed by atoms with Gasteiger partial charge in [-0.15, -0.1) is 0 Å². The van der Waals surface area contributed by atoms with Gasteiger partial charge in [-0.3, -0.25) is 5.10 Å². The molecule has 0 saturated heterocycles. The number of rotatable bonds is 4. The molecule has 1 aromatic carbocycles. The summed E-state index contributed by atoms with van der Waals surface area (Å²) in [5.41, 5.74) is 5.88. The molecule has 0 aliphatic heterocycles. The van der Waals surface area contributed by atoms with E-state index in [1.54, 1.807) is 0 Å². The molecule has 0 saturated carbocycles. The predicted octanol–water partition coefficient (Wildman–Crippen LogP) is 0.749. The summed E-state index contributed by atoms with van der Waals surface area (Å²) in [6.45, 7) is -0.180. The minimum Gasteiger partial charge on any atom is -0.384 e. The van der Waals surface area contributed by atoms with Crippen LogP contribution in [0.4, 0.5) is 14.6 Å². The highest BCUT2D eigenvalue weighted by atomic mass is 32.2. The van der Waals surface area contributed by atoms with Crippen LogP contribution in [0.1, 0.15) is 5.56 Å². The van der Waals surface area contributed by atoms with Gasteiger partial charge in [-0.05, 0) is 18.2 Å². The lowest BCUT2D eigenvalue weighted by molar-refractivity contribution is 0.545. The van der Waals surface area contributed by atoms with E-state index in [4.69, 9.17) is 5.73 Å². The number of halogens is 2. The molecule has 4 N–H and O–H groups in total. The van der Waals surface area contributed by atoms with Gasteiger partial charge in [0.1, 0.15) is 22.3 Å². The van der Waals surface area contributed by atoms with Crippen LogP contribution < -0.4 is 10.5 Å². The SMILES string of the molecule is Nc1[nH]ncc1CNS(=O)(=O)c1cc(F)ccc1F. The number of nitrogens with one attached hydrogen (secondary N) is 2. The Kier molecular flexibility index (Phi) is 3.49. The standard InChI is InChI=1S/C10H10F2N4O2S/c11-7-1-2-8(12)9(3-7)19(17,18)15-5-6-4-14-16-10(6)13/h1-4,15H,5H2,(H3,13,14,16). The van der Waals surface area contributed by atoms with Crippen molar-refractivity contribution in [1.29, 1.82) is 0 Å². The Morgan fingerprint density at radius 3 is 2.74 bits per heavy atom. The Bertz CT molecular complexity index is 699. The van der Waals surface area contributed by atoms with E-state index in [9.17, 15) is 17.2 Å². The summed E-state index contributed by atoms with van der Waals surface area (Å²) in [6, 6.07) is 2.19. The van der Waals surface area contributed by atoms with E-state index in [0.717, 1.165) is 12.1 Å². The Morgan fingerprint density at radius 2 is 2.11 bits per heavy atom. The molecule has 0 spiro atoms. The van der Waals surface area contributed by atoms with Gasteiger partial charge in [-0.1, -0.05) is 0 Å². The van der Waals surface area contributed by atoms with Crippen LogP contribution in [0.25, 0.3) is 0 Å². The summed E-state index contributed by atoms with van der Waals surface area (Å²) in [5, 5.41) is 6.03. The molecule has 2 aromatic rings. The molecule has 19 heavy (non-hydrogen) atoms. The monoisotopic (exact) mass is 288 g/mol. The molecule has 0 atom stereocenters. The molecule has 0 bridgehead atoms. The third-order valence-electron chi connectivity index (χ3n) is 2.39. The maximum atomic E-state index is 13.4. The van der Waals surface area contributed by atoms with E-state index in [0.29, 0.717) is 11.6 Å². The second-order valence-corrected chi connectivity index (χ2v) is 5.44. The van der Waals surface area contributed by atoms with Crippen LogP contribution in [0.15, 0.2) is 29.3 Å². The molecule has 0 unspecified atom stereocenters. The van der Waals surface area contributed by atoms with Crippen LogP contribution in [-0.2, 0) is 16.6 Å². The van der Waals surface area contributed by atoms with Crippen molar-refractivity contribution in [2.45, 2.75) is 11.4 Å². The Hall–Kier alpha value is -2.00. The van der Waals surface area contributed by atoms with Crippen LogP contribution in [-0.4, -0.2) is 18.6 Å². The lowest BCUT2D eigenvalue weighted by Gasteiger charge is -2.07. The fourth-order valence-electron chi connectivity index (χ4n) is 1.40. The van der Waals surface area contributed by atoms with Gasteiger partial charge in [0.05, 0.1) is 6.20 Å². The molecule has 0 aliphatic rings. The first-order chi connectivity index (χ1) is 8.90. The Labute approximate surface area is 107 Å². The first kappa shape index (κ1) is 13.4. The molecule has 0 aliphatic carbocycles. The van der Waals surface area contributed by atoms with E-state index in [2.05, 4.69) is 14.9 Å². The van der Waals surface area contributed by atoms with Crippen molar-refractivity contribution in [1.82, 2.24) is 14.9 Å². The van der Waals surface area contributed by atoms with Crippen molar-refractivity contribution in [3.8, 4) is 0 Å². The number of nitrogens with two attached hydrogens (primary N) is 1. The van der Waals surface area contributed by atoms with Gasteiger partial charge in [-0.2, -0.15) is 5.10 Å². The third-order valence-corrected chi connectivity index (χ3v) is 3.80. The number of anilines is 1. The van der Waals surface area contributed by atoms with Gasteiger partial charge in [0.15, 0.2) is 0 Å². The van der Waals surface area contributed by atoms with Gasteiger partial charge in [-0.25, -0.2) is 21.9 Å². The molecular weight excluding hydrogens is 278 g/mol. The molecule has 0 radical (unpaired) electrons. The molecule has 0 amide bonds. The number of aromatic amines is 1. The largest absolute Gasteiger partial charge is 0.384 e. The summed E-state index contributed by atoms with van der Waals surface area (Å²) in [7, 11) is -4.17. The molecular formula is C10H10F2N4O2S. The number of hydrogen-bond acceptors (Lipinski definition) is 4. The highest BCUT2D eigenvalue weighted by Crippen LogP contribution is 2.16. The molecule has 1 heterocycles. The lowest BCUT2D eigenvalue weighted by atomic mass is 10.3. The van der Waals surface area contributed by atoms with Gasteiger partial charge in [0, 0.05) is 12.1 Å².